The number of benzene rings is 2. The van der Waals surface area contributed by atoms with Crippen molar-refractivity contribution in [2.24, 2.45) is 4.36 Å². The fraction of sp³-hybridized carbons (Fsp3) is 0.0714. The van der Waals surface area contributed by atoms with Crippen LogP contribution in [0.3, 0.4) is 0 Å². The zero-order valence-electron chi connectivity index (χ0n) is 11.1. The number of carbonyl (C=O) groups excluding carboxylic acids is 1. The Kier molecular flexibility index (Phi) is 3.52. The lowest BCUT2D eigenvalue weighted by atomic mass is 10.2. The van der Waals surface area contributed by atoms with E-state index in [0.29, 0.717) is 10.5 Å². The largest absolute Gasteiger partial charge is 0.285 e. The molecule has 1 heterocycles. The quantitative estimate of drug-likeness (QED) is 0.728. The summed E-state index contributed by atoms with van der Waals surface area (Å²) >= 11 is 1.21. The maximum absolute atomic E-state index is 12.6. The molecule has 0 aliphatic heterocycles. The maximum Gasteiger partial charge on any atom is 0.285 e. The molecule has 0 spiro atoms. The number of fused-ring (bicyclic) bond motifs is 1. The summed E-state index contributed by atoms with van der Waals surface area (Å²) < 4.78 is 21.1. The lowest BCUT2D eigenvalue weighted by Crippen LogP contribution is -2.03. The van der Waals surface area contributed by atoms with Gasteiger partial charge in [-0.15, -0.1) is 5.10 Å². The van der Waals surface area contributed by atoms with E-state index in [2.05, 4.69) is 13.9 Å². The summed E-state index contributed by atoms with van der Waals surface area (Å²) in [5.41, 5.74) is 1.12. The van der Waals surface area contributed by atoms with Crippen molar-refractivity contribution in [1.29, 1.82) is 0 Å². The van der Waals surface area contributed by atoms with E-state index in [1.807, 2.05) is 6.07 Å². The van der Waals surface area contributed by atoms with Crippen LogP contribution in [-0.2, 0) is 9.73 Å². The van der Waals surface area contributed by atoms with Gasteiger partial charge in [-0.05, 0) is 41.9 Å². The van der Waals surface area contributed by atoms with E-state index in [0.717, 1.165) is 10.2 Å². The molecule has 0 saturated heterocycles. The molecule has 3 rings (SSSR count). The average Bonchev–Trinajstić information content (AvgIpc) is 2.95. The van der Waals surface area contributed by atoms with Crippen molar-refractivity contribution in [2.45, 2.75) is 4.90 Å². The summed E-state index contributed by atoms with van der Waals surface area (Å²) in [5, 5.41) is 3.91. The fourth-order valence-electron chi connectivity index (χ4n) is 1.85. The number of hydrogen-bond donors (Lipinski definition) is 0. The highest BCUT2D eigenvalue weighted by Crippen LogP contribution is 2.19. The van der Waals surface area contributed by atoms with E-state index in [1.165, 1.54) is 17.8 Å². The molecule has 0 radical (unpaired) electrons. The lowest BCUT2D eigenvalue weighted by molar-refractivity contribution is 0.100. The van der Waals surface area contributed by atoms with Crippen LogP contribution >= 0.6 is 11.5 Å². The normalized spacial score (nSPS) is 13.8. The molecule has 106 valence electrons. The highest BCUT2D eigenvalue weighted by molar-refractivity contribution is 7.93. The standard InChI is InChI=1S/C14H11N3O2S2/c1-21(19,11-5-3-2-4-6-11)16-14(18)10-7-8-12-13(9-10)20-17-15-12/h2-9H,1H3. The molecule has 0 aliphatic carbocycles. The Morgan fingerprint density at radius 2 is 1.95 bits per heavy atom. The predicted octanol–water partition coefficient (Wildman–Crippen LogP) is 2.99. The topological polar surface area (TPSA) is 72.3 Å². The Hall–Kier alpha value is -2.12. The van der Waals surface area contributed by atoms with Crippen LogP contribution in [0.5, 0.6) is 0 Å². The fourth-order valence-corrected chi connectivity index (χ4v) is 3.64. The molecule has 7 heteroatoms. The lowest BCUT2D eigenvalue weighted by Gasteiger charge is -2.03. The SMILES string of the molecule is CS(=O)(=NC(=O)c1ccc2nnsc2c1)c1ccccc1. The molecular formula is C14H11N3O2S2. The van der Waals surface area contributed by atoms with Gasteiger partial charge in [-0.3, -0.25) is 4.79 Å². The van der Waals surface area contributed by atoms with Crippen LogP contribution in [0.25, 0.3) is 10.2 Å². The molecule has 3 aromatic rings. The van der Waals surface area contributed by atoms with Crippen LogP contribution in [0.15, 0.2) is 57.8 Å². The minimum atomic E-state index is -2.75. The van der Waals surface area contributed by atoms with Crippen LogP contribution in [0, 0.1) is 0 Å². The molecule has 0 bridgehead atoms. The van der Waals surface area contributed by atoms with E-state index >= 15 is 0 Å². The van der Waals surface area contributed by atoms with Crippen LogP contribution in [0.4, 0.5) is 0 Å². The van der Waals surface area contributed by atoms with Gasteiger partial charge in [-0.2, -0.15) is 4.36 Å². The second-order valence-corrected chi connectivity index (χ2v) is 7.51. The maximum atomic E-state index is 12.6. The zero-order chi connectivity index (χ0) is 14.9. The summed E-state index contributed by atoms with van der Waals surface area (Å²) in [4.78, 5) is 12.8. The molecule has 1 amide bonds. The summed E-state index contributed by atoms with van der Waals surface area (Å²) in [6.45, 7) is 0. The first kappa shape index (κ1) is 13.8. The zero-order valence-corrected chi connectivity index (χ0v) is 12.7. The number of amides is 1. The number of hydrogen-bond acceptors (Lipinski definition) is 5. The van der Waals surface area contributed by atoms with Crippen LogP contribution in [0.1, 0.15) is 10.4 Å². The monoisotopic (exact) mass is 317 g/mol. The minimum Gasteiger partial charge on any atom is -0.266 e. The van der Waals surface area contributed by atoms with Crippen molar-refractivity contribution in [1.82, 2.24) is 9.59 Å². The van der Waals surface area contributed by atoms with Crippen LogP contribution in [0.2, 0.25) is 0 Å². The van der Waals surface area contributed by atoms with Crippen molar-refractivity contribution in [3.63, 3.8) is 0 Å². The Labute approximate surface area is 126 Å². The third-order valence-corrected chi connectivity index (χ3v) is 5.28. The van der Waals surface area contributed by atoms with Crippen LogP contribution < -0.4 is 0 Å². The van der Waals surface area contributed by atoms with Crippen molar-refractivity contribution in [3.8, 4) is 0 Å². The van der Waals surface area contributed by atoms with Gasteiger partial charge in [0.05, 0.1) is 14.4 Å². The molecule has 0 saturated carbocycles. The first-order chi connectivity index (χ1) is 10.1. The molecule has 2 aromatic carbocycles. The Balaban J connectivity index is 2.02. The van der Waals surface area contributed by atoms with Crippen molar-refractivity contribution in [3.05, 3.63) is 54.1 Å². The Morgan fingerprint density at radius 1 is 1.19 bits per heavy atom. The Morgan fingerprint density at radius 3 is 2.71 bits per heavy atom. The van der Waals surface area contributed by atoms with Gasteiger partial charge in [0.15, 0.2) is 0 Å². The third kappa shape index (κ3) is 2.84. The second kappa shape index (κ2) is 5.34. The molecule has 0 aliphatic rings. The van der Waals surface area contributed by atoms with Crippen molar-refractivity contribution < 1.29 is 9.00 Å². The van der Waals surface area contributed by atoms with Gasteiger partial charge in [0.1, 0.15) is 5.52 Å². The first-order valence-corrected chi connectivity index (χ1v) is 8.79. The first-order valence-electron chi connectivity index (χ1n) is 6.10. The van der Waals surface area contributed by atoms with E-state index in [4.69, 9.17) is 0 Å². The number of rotatable bonds is 2. The smallest absolute Gasteiger partial charge is 0.266 e. The highest BCUT2D eigenvalue weighted by atomic mass is 32.2. The average molecular weight is 317 g/mol. The van der Waals surface area contributed by atoms with Gasteiger partial charge in [0, 0.05) is 16.7 Å². The van der Waals surface area contributed by atoms with Crippen molar-refractivity contribution in [2.75, 3.05) is 6.26 Å². The summed E-state index contributed by atoms with van der Waals surface area (Å²) in [6, 6.07) is 13.8. The van der Waals surface area contributed by atoms with Gasteiger partial charge in [-0.25, -0.2) is 4.21 Å². The number of carbonyl (C=O) groups is 1. The number of aromatic nitrogens is 2. The molecule has 21 heavy (non-hydrogen) atoms. The van der Waals surface area contributed by atoms with Gasteiger partial charge in [-0.1, -0.05) is 22.7 Å². The summed E-state index contributed by atoms with van der Waals surface area (Å²) in [5.74, 6) is -0.498. The van der Waals surface area contributed by atoms with Gasteiger partial charge in [0.2, 0.25) is 0 Å². The molecule has 0 N–H and O–H groups in total. The number of nitrogens with zero attached hydrogens (tertiary/aromatic N) is 3. The summed E-state index contributed by atoms with van der Waals surface area (Å²) in [6.07, 6.45) is 1.47. The second-order valence-electron chi connectivity index (χ2n) is 4.47. The van der Waals surface area contributed by atoms with E-state index in [-0.39, 0.29) is 0 Å². The third-order valence-electron chi connectivity index (χ3n) is 2.93. The molecule has 5 nitrogen and oxygen atoms in total. The molecule has 1 unspecified atom stereocenters. The highest BCUT2D eigenvalue weighted by Gasteiger charge is 2.12. The van der Waals surface area contributed by atoms with Gasteiger partial charge >= 0.3 is 0 Å². The molecule has 0 fully saturated rings. The molecular weight excluding hydrogens is 306 g/mol. The van der Waals surface area contributed by atoms with E-state index in [1.54, 1.807) is 42.5 Å². The Bertz CT molecular complexity index is 926. The van der Waals surface area contributed by atoms with Crippen molar-refractivity contribution >= 4 is 37.4 Å². The minimum absolute atomic E-state index is 0.388. The van der Waals surface area contributed by atoms with Gasteiger partial charge in [0.25, 0.3) is 5.91 Å². The predicted molar refractivity (Wildman–Crippen MR) is 82.9 cm³/mol. The van der Waals surface area contributed by atoms with Crippen LogP contribution in [-0.4, -0.2) is 26.0 Å². The van der Waals surface area contributed by atoms with E-state index < -0.39 is 15.6 Å². The molecule has 1 aromatic heterocycles. The van der Waals surface area contributed by atoms with Gasteiger partial charge < -0.3 is 0 Å². The summed E-state index contributed by atoms with van der Waals surface area (Å²) in [7, 11) is -2.75. The van der Waals surface area contributed by atoms with E-state index in [9.17, 15) is 9.00 Å². The molecule has 1 atom stereocenters.